The maximum atomic E-state index is 12.4. The number of hydrogen-bond acceptors (Lipinski definition) is 3. The third-order valence-electron chi connectivity index (χ3n) is 3.33. The fourth-order valence-electron chi connectivity index (χ4n) is 2.02. The van der Waals surface area contributed by atoms with E-state index in [0.29, 0.717) is 5.56 Å². The van der Waals surface area contributed by atoms with E-state index < -0.39 is 5.41 Å². The van der Waals surface area contributed by atoms with Crippen LogP contribution in [0.1, 0.15) is 36.8 Å². The van der Waals surface area contributed by atoms with Crippen molar-refractivity contribution >= 4 is 22.6 Å². The van der Waals surface area contributed by atoms with Crippen molar-refractivity contribution in [2.24, 2.45) is 5.41 Å². The van der Waals surface area contributed by atoms with Gasteiger partial charge in [0.05, 0.1) is 17.6 Å². The highest BCUT2D eigenvalue weighted by atomic mass is 16.2. The van der Waals surface area contributed by atoms with Crippen LogP contribution in [0.2, 0.25) is 0 Å². The van der Waals surface area contributed by atoms with Crippen molar-refractivity contribution in [1.82, 2.24) is 10.3 Å². The number of aromatic nitrogens is 1. The third kappa shape index (κ3) is 3.45. The van der Waals surface area contributed by atoms with Crippen LogP contribution in [-0.2, 0) is 4.79 Å². The van der Waals surface area contributed by atoms with E-state index in [1.54, 1.807) is 6.07 Å². The van der Waals surface area contributed by atoms with Gasteiger partial charge < -0.3 is 5.32 Å². The van der Waals surface area contributed by atoms with E-state index in [1.165, 1.54) is 0 Å². The van der Waals surface area contributed by atoms with Crippen molar-refractivity contribution in [2.45, 2.75) is 27.7 Å². The average Bonchev–Trinajstić information content (AvgIpc) is 2.42. The molecule has 0 atom stereocenters. The lowest BCUT2D eigenvalue weighted by atomic mass is 9.91. The number of nitrogens with zero attached hydrogens (tertiary/aromatic N) is 1. The van der Waals surface area contributed by atoms with E-state index in [9.17, 15) is 9.59 Å². The van der Waals surface area contributed by atoms with Crippen molar-refractivity contribution in [3.63, 3.8) is 0 Å². The summed E-state index contributed by atoms with van der Waals surface area (Å²) in [7, 11) is 0. The van der Waals surface area contributed by atoms with Crippen LogP contribution in [0.5, 0.6) is 0 Å². The topological polar surface area (TPSA) is 59.1 Å². The van der Waals surface area contributed by atoms with Gasteiger partial charge in [0.1, 0.15) is 0 Å². The number of pyridine rings is 1. The van der Waals surface area contributed by atoms with E-state index in [2.05, 4.69) is 10.3 Å². The molecule has 1 N–H and O–H groups in total. The smallest absolute Gasteiger partial charge is 0.252 e. The SMILES string of the molecule is Cc1cc(C(=O)NCC(=O)C(C)(C)C)c2ccccc2n1. The van der Waals surface area contributed by atoms with Crippen LogP contribution in [0.4, 0.5) is 0 Å². The standard InChI is InChI=1S/C17H20N2O2/c1-11-9-13(12-7-5-6-8-14(12)19-11)16(21)18-10-15(20)17(2,3)4/h5-9H,10H2,1-4H3,(H,18,21). The van der Waals surface area contributed by atoms with Crippen LogP contribution >= 0.6 is 0 Å². The predicted octanol–water partition coefficient (Wildman–Crippen LogP) is 2.89. The lowest BCUT2D eigenvalue weighted by Crippen LogP contribution is -2.35. The Kier molecular flexibility index (Phi) is 4.07. The van der Waals surface area contributed by atoms with E-state index in [1.807, 2.05) is 52.0 Å². The van der Waals surface area contributed by atoms with Gasteiger partial charge in [0.2, 0.25) is 0 Å². The minimum Gasteiger partial charge on any atom is -0.345 e. The second-order valence-corrected chi connectivity index (χ2v) is 6.18. The maximum absolute atomic E-state index is 12.4. The van der Waals surface area contributed by atoms with Crippen molar-refractivity contribution in [3.8, 4) is 0 Å². The molecule has 0 radical (unpaired) electrons. The van der Waals surface area contributed by atoms with Crippen LogP contribution in [0.3, 0.4) is 0 Å². The Morgan fingerprint density at radius 1 is 1.19 bits per heavy atom. The van der Waals surface area contributed by atoms with Crippen molar-refractivity contribution in [2.75, 3.05) is 6.54 Å². The van der Waals surface area contributed by atoms with E-state index in [4.69, 9.17) is 0 Å². The molecule has 0 saturated carbocycles. The largest absolute Gasteiger partial charge is 0.345 e. The molecule has 4 nitrogen and oxygen atoms in total. The number of nitrogens with one attached hydrogen (secondary N) is 1. The van der Waals surface area contributed by atoms with Crippen LogP contribution < -0.4 is 5.32 Å². The summed E-state index contributed by atoms with van der Waals surface area (Å²) in [5, 5.41) is 3.50. The molecule has 2 rings (SSSR count). The van der Waals surface area contributed by atoms with Gasteiger partial charge in [0.15, 0.2) is 5.78 Å². The van der Waals surface area contributed by atoms with Gasteiger partial charge in [0.25, 0.3) is 5.91 Å². The van der Waals surface area contributed by atoms with Crippen LogP contribution in [0.25, 0.3) is 10.9 Å². The second kappa shape index (κ2) is 5.64. The molecule has 0 fully saturated rings. The molecule has 0 aliphatic heterocycles. The lowest BCUT2D eigenvalue weighted by Gasteiger charge is -2.17. The number of carbonyl (C=O) groups is 2. The molecule has 21 heavy (non-hydrogen) atoms. The number of aryl methyl sites for hydroxylation is 1. The highest BCUT2D eigenvalue weighted by molar-refractivity contribution is 6.07. The quantitative estimate of drug-likeness (QED) is 0.942. The second-order valence-electron chi connectivity index (χ2n) is 6.18. The number of carbonyl (C=O) groups excluding carboxylic acids is 2. The molecule has 0 aliphatic carbocycles. The summed E-state index contributed by atoms with van der Waals surface area (Å²) >= 11 is 0. The van der Waals surface area contributed by atoms with Gasteiger partial charge >= 0.3 is 0 Å². The minimum atomic E-state index is -0.455. The number of fused-ring (bicyclic) bond motifs is 1. The Balaban J connectivity index is 2.26. The van der Waals surface area contributed by atoms with Crippen molar-refractivity contribution in [1.29, 1.82) is 0 Å². The summed E-state index contributed by atoms with van der Waals surface area (Å²) in [6.45, 7) is 7.41. The maximum Gasteiger partial charge on any atom is 0.252 e. The van der Waals surface area contributed by atoms with E-state index >= 15 is 0 Å². The van der Waals surface area contributed by atoms with Crippen LogP contribution in [0.15, 0.2) is 30.3 Å². The summed E-state index contributed by atoms with van der Waals surface area (Å²) < 4.78 is 0. The number of hydrogen-bond donors (Lipinski definition) is 1. The molecule has 1 aromatic heterocycles. The van der Waals surface area contributed by atoms with Crippen LogP contribution in [0, 0.1) is 12.3 Å². The summed E-state index contributed by atoms with van der Waals surface area (Å²) in [6, 6.07) is 9.25. The molecular weight excluding hydrogens is 264 g/mol. The number of Topliss-reactive ketones (excluding diaryl/α,β-unsaturated/α-hetero) is 1. The highest BCUT2D eigenvalue weighted by Crippen LogP contribution is 2.18. The molecule has 1 aromatic carbocycles. The molecule has 1 amide bonds. The first-order valence-electron chi connectivity index (χ1n) is 6.97. The number of ketones is 1. The zero-order valence-electron chi connectivity index (χ0n) is 12.9. The fraction of sp³-hybridized carbons (Fsp3) is 0.353. The predicted molar refractivity (Wildman–Crippen MR) is 83.3 cm³/mol. The number of rotatable bonds is 3. The summed E-state index contributed by atoms with van der Waals surface area (Å²) in [5.74, 6) is -0.236. The first kappa shape index (κ1) is 15.2. The van der Waals surface area contributed by atoms with Gasteiger partial charge in [-0.15, -0.1) is 0 Å². The lowest BCUT2D eigenvalue weighted by molar-refractivity contribution is -0.125. The van der Waals surface area contributed by atoms with Crippen molar-refractivity contribution in [3.05, 3.63) is 41.6 Å². The van der Waals surface area contributed by atoms with E-state index in [0.717, 1.165) is 16.6 Å². The first-order chi connectivity index (χ1) is 9.79. The summed E-state index contributed by atoms with van der Waals surface area (Å²) in [6.07, 6.45) is 0. The molecule has 0 bridgehead atoms. The molecule has 110 valence electrons. The fourth-order valence-corrected chi connectivity index (χ4v) is 2.02. The molecule has 2 aromatic rings. The summed E-state index contributed by atoms with van der Waals surface area (Å²) in [4.78, 5) is 28.7. The Bertz CT molecular complexity index is 699. The van der Waals surface area contributed by atoms with Gasteiger partial charge in [0, 0.05) is 16.5 Å². The molecule has 0 unspecified atom stereocenters. The Morgan fingerprint density at radius 3 is 2.52 bits per heavy atom. The van der Waals surface area contributed by atoms with E-state index in [-0.39, 0.29) is 18.2 Å². The van der Waals surface area contributed by atoms with Crippen LogP contribution in [-0.4, -0.2) is 23.2 Å². The molecule has 0 spiro atoms. The summed E-state index contributed by atoms with van der Waals surface area (Å²) in [5.41, 5.74) is 1.66. The van der Waals surface area contributed by atoms with Gasteiger partial charge in [-0.3, -0.25) is 14.6 Å². The van der Waals surface area contributed by atoms with Gasteiger partial charge in [-0.1, -0.05) is 39.0 Å². The Morgan fingerprint density at radius 2 is 1.86 bits per heavy atom. The monoisotopic (exact) mass is 284 g/mol. The molecule has 4 heteroatoms. The number of benzene rings is 1. The normalized spacial score (nSPS) is 11.4. The molecule has 0 saturated heterocycles. The average molecular weight is 284 g/mol. The highest BCUT2D eigenvalue weighted by Gasteiger charge is 2.22. The molecule has 1 heterocycles. The Hall–Kier alpha value is -2.23. The zero-order chi connectivity index (χ0) is 15.6. The zero-order valence-corrected chi connectivity index (χ0v) is 12.9. The molecular formula is C17H20N2O2. The third-order valence-corrected chi connectivity index (χ3v) is 3.33. The van der Waals surface area contributed by atoms with Gasteiger partial charge in [-0.25, -0.2) is 0 Å². The van der Waals surface area contributed by atoms with Gasteiger partial charge in [-0.05, 0) is 19.1 Å². The van der Waals surface area contributed by atoms with Crippen molar-refractivity contribution < 1.29 is 9.59 Å². The molecule has 0 aliphatic rings. The Labute approximate surface area is 124 Å². The van der Waals surface area contributed by atoms with Gasteiger partial charge in [-0.2, -0.15) is 0 Å². The first-order valence-corrected chi connectivity index (χ1v) is 6.97. The number of para-hydroxylation sites is 1. The number of amides is 1. The minimum absolute atomic E-state index is 0.00549.